The first-order valence-electron chi connectivity index (χ1n) is 5.22. The van der Waals surface area contributed by atoms with E-state index in [4.69, 9.17) is 5.73 Å². The number of benzene rings is 1. The van der Waals surface area contributed by atoms with Gasteiger partial charge in [-0.3, -0.25) is 0 Å². The fourth-order valence-corrected chi connectivity index (χ4v) is 1.90. The van der Waals surface area contributed by atoms with Gasteiger partial charge in [-0.1, -0.05) is 6.07 Å². The van der Waals surface area contributed by atoms with Crippen LogP contribution >= 0.6 is 0 Å². The molecule has 0 aliphatic heterocycles. The van der Waals surface area contributed by atoms with Crippen LogP contribution in [0.2, 0.25) is 0 Å². The second-order valence-electron chi connectivity index (χ2n) is 4.75. The number of nitrogens with one attached hydrogen (secondary N) is 1. The van der Waals surface area contributed by atoms with Crippen molar-refractivity contribution in [2.45, 2.75) is 32.2 Å². The average Bonchev–Trinajstić information content (AvgIpc) is 2.84. The number of nitrogen functional groups attached to an aromatic ring is 1. The summed E-state index contributed by atoms with van der Waals surface area (Å²) in [5.74, 6) is 0.823. The van der Waals surface area contributed by atoms with Crippen LogP contribution in [0.4, 0.5) is 11.4 Å². The second-order valence-corrected chi connectivity index (χ2v) is 4.75. The molecule has 2 rings (SSSR count). The fourth-order valence-electron chi connectivity index (χ4n) is 1.90. The number of rotatable bonds is 3. The van der Waals surface area contributed by atoms with Crippen molar-refractivity contribution in [3.8, 4) is 0 Å². The van der Waals surface area contributed by atoms with Crippen LogP contribution in [0.25, 0.3) is 0 Å². The van der Waals surface area contributed by atoms with Gasteiger partial charge in [0.15, 0.2) is 0 Å². The van der Waals surface area contributed by atoms with E-state index >= 15 is 0 Å². The monoisotopic (exact) mass is 190 g/mol. The summed E-state index contributed by atoms with van der Waals surface area (Å²) in [5, 5.41) is 3.54. The Morgan fingerprint density at radius 2 is 2.07 bits per heavy atom. The third-order valence-electron chi connectivity index (χ3n) is 2.95. The van der Waals surface area contributed by atoms with Crippen molar-refractivity contribution >= 4 is 11.4 Å². The SMILES string of the molecule is CC(C)(Nc1cccc(N)c1)C1CC1. The van der Waals surface area contributed by atoms with Crippen LogP contribution in [-0.4, -0.2) is 5.54 Å². The topological polar surface area (TPSA) is 38.0 Å². The molecule has 0 amide bonds. The van der Waals surface area contributed by atoms with Crippen molar-refractivity contribution in [2.24, 2.45) is 5.92 Å². The summed E-state index contributed by atoms with van der Waals surface area (Å²) in [7, 11) is 0. The van der Waals surface area contributed by atoms with Crippen molar-refractivity contribution < 1.29 is 0 Å². The molecular formula is C12H18N2. The first kappa shape index (κ1) is 9.38. The van der Waals surface area contributed by atoms with Gasteiger partial charge in [0.05, 0.1) is 0 Å². The van der Waals surface area contributed by atoms with Crippen molar-refractivity contribution in [3.05, 3.63) is 24.3 Å². The molecule has 1 saturated carbocycles. The maximum absolute atomic E-state index is 5.73. The summed E-state index contributed by atoms with van der Waals surface area (Å²) in [5.41, 5.74) is 7.88. The third-order valence-corrected chi connectivity index (χ3v) is 2.95. The number of hydrogen-bond donors (Lipinski definition) is 2. The quantitative estimate of drug-likeness (QED) is 0.719. The highest BCUT2D eigenvalue weighted by Gasteiger charge is 2.37. The van der Waals surface area contributed by atoms with Gasteiger partial charge in [0.1, 0.15) is 0 Å². The highest BCUT2D eigenvalue weighted by molar-refractivity contribution is 5.55. The molecule has 1 aliphatic carbocycles. The van der Waals surface area contributed by atoms with Crippen molar-refractivity contribution in [2.75, 3.05) is 11.1 Å². The van der Waals surface area contributed by atoms with Gasteiger partial charge in [0, 0.05) is 16.9 Å². The zero-order chi connectivity index (χ0) is 10.2. The van der Waals surface area contributed by atoms with E-state index in [2.05, 4.69) is 25.2 Å². The minimum absolute atomic E-state index is 0.202. The molecule has 2 heteroatoms. The minimum Gasteiger partial charge on any atom is -0.399 e. The second kappa shape index (κ2) is 3.19. The van der Waals surface area contributed by atoms with Gasteiger partial charge >= 0.3 is 0 Å². The van der Waals surface area contributed by atoms with Crippen LogP contribution in [0.1, 0.15) is 26.7 Å². The Kier molecular flexibility index (Phi) is 2.14. The molecule has 1 aromatic rings. The smallest absolute Gasteiger partial charge is 0.0364 e. The molecular weight excluding hydrogens is 172 g/mol. The Morgan fingerprint density at radius 3 is 2.64 bits per heavy atom. The molecule has 0 atom stereocenters. The van der Waals surface area contributed by atoms with E-state index in [-0.39, 0.29) is 5.54 Å². The van der Waals surface area contributed by atoms with E-state index < -0.39 is 0 Å². The van der Waals surface area contributed by atoms with E-state index in [1.54, 1.807) is 0 Å². The molecule has 0 heterocycles. The highest BCUT2D eigenvalue weighted by atomic mass is 15.0. The van der Waals surface area contributed by atoms with Crippen LogP contribution in [0.15, 0.2) is 24.3 Å². The van der Waals surface area contributed by atoms with Crippen LogP contribution in [0.5, 0.6) is 0 Å². The molecule has 3 N–H and O–H groups in total. The standard InChI is InChI=1S/C12H18N2/c1-12(2,9-6-7-9)14-11-5-3-4-10(13)8-11/h3-5,8-9,14H,6-7,13H2,1-2H3. The lowest BCUT2D eigenvalue weighted by molar-refractivity contribution is 0.494. The molecule has 0 unspecified atom stereocenters. The number of nitrogens with two attached hydrogens (primary N) is 1. The number of hydrogen-bond acceptors (Lipinski definition) is 2. The summed E-state index contributed by atoms with van der Waals surface area (Å²) in [6, 6.07) is 7.96. The predicted molar refractivity (Wildman–Crippen MR) is 61.3 cm³/mol. The molecule has 1 fully saturated rings. The van der Waals surface area contributed by atoms with Gasteiger partial charge in [-0.15, -0.1) is 0 Å². The Bertz CT molecular complexity index is 327. The Labute approximate surface area is 85.5 Å². The van der Waals surface area contributed by atoms with Crippen LogP contribution in [0.3, 0.4) is 0 Å². The predicted octanol–water partition coefficient (Wildman–Crippen LogP) is 2.87. The maximum Gasteiger partial charge on any atom is 0.0364 e. The van der Waals surface area contributed by atoms with Gasteiger partial charge in [-0.2, -0.15) is 0 Å². The Hall–Kier alpha value is -1.18. The van der Waals surface area contributed by atoms with E-state index in [1.807, 2.05) is 18.2 Å². The lowest BCUT2D eigenvalue weighted by atomic mass is 9.98. The fraction of sp³-hybridized carbons (Fsp3) is 0.500. The highest BCUT2D eigenvalue weighted by Crippen LogP contribution is 2.41. The molecule has 1 aliphatic rings. The van der Waals surface area contributed by atoms with Crippen LogP contribution in [0, 0.1) is 5.92 Å². The summed E-state index contributed by atoms with van der Waals surface area (Å²) < 4.78 is 0. The van der Waals surface area contributed by atoms with Crippen LogP contribution < -0.4 is 11.1 Å². The molecule has 14 heavy (non-hydrogen) atoms. The lowest BCUT2D eigenvalue weighted by Gasteiger charge is -2.27. The lowest BCUT2D eigenvalue weighted by Crippen LogP contribution is -2.33. The first-order chi connectivity index (χ1) is 6.58. The molecule has 0 radical (unpaired) electrons. The van der Waals surface area contributed by atoms with Gasteiger partial charge in [-0.25, -0.2) is 0 Å². The first-order valence-corrected chi connectivity index (χ1v) is 5.22. The largest absolute Gasteiger partial charge is 0.399 e. The third kappa shape index (κ3) is 2.00. The molecule has 0 saturated heterocycles. The Balaban J connectivity index is 2.09. The maximum atomic E-state index is 5.73. The van der Waals surface area contributed by atoms with Crippen molar-refractivity contribution in [1.29, 1.82) is 0 Å². The van der Waals surface area contributed by atoms with Crippen LogP contribution in [-0.2, 0) is 0 Å². The van der Waals surface area contributed by atoms with Gasteiger partial charge in [0.2, 0.25) is 0 Å². The zero-order valence-corrected chi connectivity index (χ0v) is 8.88. The normalized spacial score (nSPS) is 16.7. The summed E-state index contributed by atoms with van der Waals surface area (Å²) in [6.45, 7) is 4.52. The summed E-state index contributed by atoms with van der Waals surface area (Å²) in [4.78, 5) is 0. The van der Waals surface area contributed by atoms with Gasteiger partial charge in [-0.05, 0) is 50.8 Å². The van der Waals surface area contributed by atoms with Crippen molar-refractivity contribution in [3.63, 3.8) is 0 Å². The minimum atomic E-state index is 0.202. The number of anilines is 2. The molecule has 1 aromatic carbocycles. The van der Waals surface area contributed by atoms with E-state index in [0.717, 1.165) is 17.3 Å². The van der Waals surface area contributed by atoms with E-state index in [1.165, 1.54) is 12.8 Å². The molecule has 2 nitrogen and oxygen atoms in total. The van der Waals surface area contributed by atoms with Crippen molar-refractivity contribution in [1.82, 2.24) is 0 Å². The Morgan fingerprint density at radius 1 is 1.36 bits per heavy atom. The van der Waals surface area contributed by atoms with E-state index in [9.17, 15) is 0 Å². The summed E-state index contributed by atoms with van der Waals surface area (Å²) in [6.07, 6.45) is 2.70. The summed E-state index contributed by atoms with van der Waals surface area (Å²) >= 11 is 0. The molecule has 0 spiro atoms. The molecule has 76 valence electrons. The van der Waals surface area contributed by atoms with E-state index in [0.29, 0.717) is 0 Å². The molecule has 0 aromatic heterocycles. The molecule has 0 bridgehead atoms. The average molecular weight is 190 g/mol. The zero-order valence-electron chi connectivity index (χ0n) is 8.88. The van der Waals surface area contributed by atoms with Gasteiger partial charge in [0.25, 0.3) is 0 Å². The van der Waals surface area contributed by atoms with Gasteiger partial charge < -0.3 is 11.1 Å².